The van der Waals surface area contributed by atoms with Crippen LogP contribution in [0.3, 0.4) is 0 Å². The third kappa shape index (κ3) is 4.97. The van der Waals surface area contributed by atoms with Crippen molar-refractivity contribution in [3.8, 4) is 5.75 Å². The van der Waals surface area contributed by atoms with Crippen LogP contribution in [0.15, 0.2) is 41.3 Å². The lowest BCUT2D eigenvalue weighted by atomic mass is 9.95. The Hall–Kier alpha value is -2.38. The zero-order valence-electron chi connectivity index (χ0n) is 17.2. The first kappa shape index (κ1) is 21.3. The van der Waals surface area contributed by atoms with Gasteiger partial charge < -0.3 is 25.2 Å². The number of carbonyl (C=O) groups is 1. The second-order valence-electron chi connectivity index (χ2n) is 7.36. The lowest BCUT2D eigenvalue weighted by molar-refractivity contribution is -0.106. The van der Waals surface area contributed by atoms with Gasteiger partial charge in [-0.25, -0.2) is 0 Å². The third-order valence-corrected chi connectivity index (χ3v) is 5.92. The zero-order valence-corrected chi connectivity index (χ0v) is 18.1. The van der Waals surface area contributed by atoms with E-state index in [0.29, 0.717) is 0 Å². The molecule has 2 aliphatic heterocycles. The number of nitrogens with two attached hydrogens (primary N) is 1. The number of fused-ring (bicyclic) bond motifs is 1. The molecule has 0 atom stereocenters. The molecule has 156 valence electrons. The number of likely N-dealkylation sites (N-methyl/N-ethyl adjacent to an activating group) is 1. The van der Waals surface area contributed by atoms with Gasteiger partial charge in [-0.15, -0.1) is 12.6 Å². The van der Waals surface area contributed by atoms with E-state index < -0.39 is 0 Å². The van der Waals surface area contributed by atoms with Crippen molar-refractivity contribution in [2.75, 3.05) is 56.7 Å². The predicted molar refractivity (Wildman–Crippen MR) is 121 cm³/mol. The standard InChI is InChI=1S/C21H27N3OS.CH3NO/c1-22-11-13-23(14-12-22)20-7-8-21(25-2)18-9-10-24(15-19(18)20)16-3-5-17(26)6-4-16;2-1-3/h3-8,26H,9-15H2,1-2H3;1H,(H2,2,3). The molecule has 2 aromatic rings. The van der Waals surface area contributed by atoms with Crippen LogP contribution in [0.2, 0.25) is 0 Å². The number of rotatable bonds is 3. The zero-order chi connectivity index (χ0) is 20.8. The molecule has 1 amide bonds. The maximum Gasteiger partial charge on any atom is 0.204 e. The topological polar surface area (TPSA) is 62.0 Å². The van der Waals surface area contributed by atoms with Gasteiger partial charge in [0.1, 0.15) is 5.75 Å². The number of methoxy groups -OCH3 is 1. The van der Waals surface area contributed by atoms with E-state index in [-0.39, 0.29) is 6.41 Å². The summed E-state index contributed by atoms with van der Waals surface area (Å²) >= 11 is 4.41. The van der Waals surface area contributed by atoms with E-state index in [9.17, 15) is 0 Å². The van der Waals surface area contributed by atoms with Crippen molar-refractivity contribution in [2.24, 2.45) is 5.73 Å². The third-order valence-electron chi connectivity index (χ3n) is 5.62. The summed E-state index contributed by atoms with van der Waals surface area (Å²) in [6, 6.07) is 12.9. The SMILES string of the molecule is COc1ccc(N2CCN(C)CC2)c2c1CCN(c1ccc(S)cc1)C2.NC=O. The molecule has 2 N–H and O–H groups in total. The highest BCUT2D eigenvalue weighted by atomic mass is 32.1. The molecule has 0 aliphatic carbocycles. The Balaban J connectivity index is 0.000000755. The summed E-state index contributed by atoms with van der Waals surface area (Å²) in [5, 5.41) is 0. The van der Waals surface area contributed by atoms with Crippen LogP contribution < -0.4 is 20.3 Å². The average molecular weight is 415 g/mol. The van der Waals surface area contributed by atoms with Crippen LogP contribution in [0.4, 0.5) is 11.4 Å². The minimum atomic E-state index is 0.250. The molecule has 29 heavy (non-hydrogen) atoms. The first-order chi connectivity index (χ1) is 14.1. The van der Waals surface area contributed by atoms with Gasteiger partial charge in [-0.1, -0.05) is 0 Å². The second-order valence-corrected chi connectivity index (χ2v) is 7.87. The lowest BCUT2D eigenvalue weighted by Crippen LogP contribution is -2.45. The number of thiol groups is 1. The highest BCUT2D eigenvalue weighted by molar-refractivity contribution is 7.80. The Labute approximate surface area is 178 Å². The smallest absolute Gasteiger partial charge is 0.204 e. The minimum absolute atomic E-state index is 0.250. The number of benzene rings is 2. The van der Waals surface area contributed by atoms with Crippen molar-refractivity contribution in [3.05, 3.63) is 47.5 Å². The maximum atomic E-state index is 8.58. The summed E-state index contributed by atoms with van der Waals surface area (Å²) < 4.78 is 5.67. The van der Waals surface area contributed by atoms with Crippen LogP contribution in [0.1, 0.15) is 11.1 Å². The Morgan fingerprint density at radius 2 is 1.62 bits per heavy atom. The van der Waals surface area contributed by atoms with Crippen LogP contribution in [0.25, 0.3) is 0 Å². The van der Waals surface area contributed by atoms with Crippen molar-refractivity contribution in [3.63, 3.8) is 0 Å². The first-order valence-electron chi connectivity index (χ1n) is 9.89. The maximum absolute atomic E-state index is 8.58. The normalized spacial score (nSPS) is 16.5. The number of primary amides is 1. The molecule has 1 fully saturated rings. The number of hydrogen-bond acceptors (Lipinski definition) is 6. The summed E-state index contributed by atoms with van der Waals surface area (Å²) in [5.41, 5.74) is 9.62. The number of ether oxygens (including phenoxy) is 1. The Kier molecular flexibility index (Phi) is 7.28. The minimum Gasteiger partial charge on any atom is -0.496 e. The molecular formula is C22H30N4O2S. The van der Waals surface area contributed by atoms with Gasteiger partial charge in [0.25, 0.3) is 0 Å². The number of piperazine rings is 1. The fraction of sp³-hybridized carbons (Fsp3) is 0.409. The summed E-state index contributed by atoms with van der Waals surface area (Å²) in [5.74, 6) is 1.03. The highest BCUT2D eigenvalue weighted by Crippen LogP contribution is 2.37. The molecular weight excluding hydrogens is 384 g/mol. The van der Waals surface area contributed by atoms with Gasteiger partial charge in [-0.3, -0.25) is 4.79 Å². The molecule has 6 nitrogen and oxygen atoms in total. The van der Waals surface area contributed by atoms with Gasteiger partial charge in [0.05, 0.1) is 7.11 Å². The molecule has 2 heterocycles. The van der Waals surface area contributed by atoms with E-state index in [1.165, 1.54) is 22.5 Å². The largest absolute Gasteiger partial charge is 0.496 e. The lowest BCUT2D eigenvalue weighted by Gasteiger charge is -2.39. The van der Waals surface area contributed by atoms with Crippen LogP contribution in [-0.4, -0.2) is 58.2 Å². The van der Waals surface area contributed by atoms with E-state index in [1.807, 2.05) is 0 Å². The molecule has 2 aromatic carbocycles. The van der Waals surface area contributed by atoms with Gasteiger partial charge in [-0.2, -0.15) is 0 Å². The molecule has 1 saturated heterocycles. The van der Waals surface area contributed by atoms with Gasteiger partial charge in [-0.05, 0) is 49.9 Å². The number of anilines is 2. The van der Waals surface area contributed by atoms with Gasteiger partial charge in [0, 0.05) is 66.7 Å². The molecule has 0 radical (unpaired) electrons. The Morgan fingerprint density at radius 1 is 0.966 bits per heavy atom. The predicted octanol–water partition coefficient (Wildman–Crippen LogP) is 2.40. The molecule has 4 rings (SSSR count). The van der Waals surface area contributed by atoms with Crippen LogP contribution in [0.5, 0.6) is 5.75 Å². The molecule has 0 saturated carbocycles. The van der Waals surface area contributed by atoms with Gasteiger partial charge in [0.15, 0.2) is 0 Å². The number of carbonyl (C=O) groups excluding carboxylic acids is 1. The average Bonchev–Trinajstić information content (AvgIpc) is 2.74. The van der Waals surface area contributed by atoms with Crippen LogP contribution >= 0.6 is 12.6 Å². The Morgan fingerprint density at radius 3 is 2.24 bits per heavy atom. The number of hydrogen-bond donors (Lipinski definition) is 2. The monoisotopic (exact) mass is 414 g/mol. The van der Waals surface area contributed by atoms with E-state index >= 15 is 0 Å². The molecule has 2 aliphatic rings. The summed E-state index contributed by atoms with van der Waals surface area (Å²) in [6.07, 6.45) is 1.27. The molecule has 0 bridgehead atoms. The summed E-state index contributed by atoms with van der Waals surface area (Å²) in [6.45, 7) is 6.36. The van der Waals surface area contributed by atoms with Crippen molar-refractivity contribution in [1.82, 2.24) is 4.90 Å². The fourth-order valence-electron chi connectivity index (χ4n) is 4.05. The first-order valence-corrected chi connectivity index (χ1v) is 10.3. The number of nitrogens with zero attached hydrogens (tertiary/aromatic N) is 3. The number of amides is 1. The van der Waals surface area contributed by atoms with Gasteiger partial charge in [0.2, 0.25) is 6.41 Å². The van der Waals surface area contributed by atoms with Crippen molar-refractivity contribution < 1.29 is 9.53 Å². The van der Waals surface area contributed by atoms with Crippen molar-refractivity contribution in [2.45, 2.75) is 17.9 Å². The molecule has 7 heteroatoms. The molecule has 0 spiro atoms. The fourth-order valence-corrected chi connectivity index (χ4v) is 4.19. The quantitative estimate of drug-likeness (QED) is 0.597. The molecule has 0 aromatic heterocycles. The Bertz CT molecular complexity index is 820. The van der Waals surface area contributed by atoms with E-state index in [4.69, 9.17) is 9.53 Å². The van der Waals surface area contributed by atoms with E-state index in [1.54, 1.807) is 7.11 Å². The summed E-state index contributed by atoms with van der Waals surface area (Å²) in [7, 11) is 3.98. The van der Waals surface area contributed by atoms with Crippen LogP contribution in [0, 0.1) is 0 Å². The molecule has 0 unspecified atom stereocenters. The van der Waals surface area contributed by atoms with Gasteiger partial charge >= 0.3 is 0 Å². The van der Waals surface area contributed by atoms with Crippen molar-refractivity contribution in [1.29, 1.82) is 0 Å². The van der Waals surface area contributed by atoms with E-state index in [2.05, 4.69) is 76.5 Å². The van der Waals surface area contributed by atoms with Crippen molar-refractivity contribution >= 4 is 30.4 Å². The van der Waals surface area contributed by atoms with E-state index in [0.717, 1.165) is 56.3 Å². The highest BCUT2D eigenvalue weighted by Gasteiger charge is 2.26. The van der Waals surface area contributed by atoms with Crippen LogP contribution in [-0.2, 0) is 17.8 Å². The second kappa shape index (κ2) is 9.89. The summed E-state index contributed by atoms with van der Waals surface area (Å²) in [4.78, 5) is 17.0.